The van der Waals surface area contributed by atoms with Gasteiger partial charge in [0.05, 0.1) is 5.69 Å². The molecule has 0 aliphatic heterocycles. The normalized spacial score (nSPS) is 10.0. The van der Waals surface area contributed by atoms with Crippen LogP contribution in [0.15, 0.2) is 5.38 Å². The summed E-state index contributed by atoms with van der Waals surface area (Å²) in [6.45, 7) is 2.69. The second-order valence-electron chi connectivity index (χ2n) is 3.48. The van der Waals surface area contributed by atoms with Gasteiger partial charge >= 0.3 is 0 Å². The molecule has 17 heavy (non-hydrogen) atoms. The summed E-state index contributed by atoms with van der Waals surface area (Å²) < 4.78 is 0. The molecule has 94 valence electrons. The third-order valence-electron chi connectivity index (χ3n) is 1.91. The second kappa shape index (κ2) is 6.97. The maximum absolute atomic E-state index is 11.5. The summed E-state index contributed by atoms with van der Waals surface area (Å²) in [5.74, 6) is -0.372. The van der Waals surface area contributed by atoms with Gasteiger partial charge in [-0.1, -0.05) is 0 Å². The van der Waals surface area contributed by atoms with E-state index in [-0.39, 0.29) is 24.7 Å². The first-order valence-electron chi connectivity index (χ1n) is 5.30. The molecule has 0 bridgehead atoms. The Kier molecular flexibility index (Phi) is 5.58. The molecule has 7 heteroatoms. The fourth-order valence-corrected chi connectivity index (χ4v) is 1.82. The first kappa shape index (κ1) is 13.6. The van der Waals surface area contributed by atoms with Crippen LogP contribution in [0.3, 0.4) is 0 Å². The van der Waals surface area contributed by atoms with Gasteiger partial charge in [0.1, 0.15) is 0 Å². The molecule has 4 N–H and O–H groups in total. The Hall–Kier alpha value is -1.47. The lowest BCUT2D eigenvalue weighted by molar-refractivity contribution is -0.124. The third-order valence-corrected chi connectivity index (χ3v) is 2.79. The van der Waals surface area contributed by atoms with Gasteiger partial charge in [-0.05, 0) is 6.92 Å². The Balaban J connectivity index is 2.23. The zero-order valence-electron chi connectivity index (χ0n) is 9.66. The van der Waals surface area contributed by atoms with Crippen LogP contribution in [-0.2, 0) is 9.59 Å². The smallest absolute Gasteiger partial charge is 0.226 e. The van der Waals surface area contributed by atoms with Crippen LogP contribution >= 0.6 is 11.3 Å². The number of nitrogens with two attached hydrogens (primary N) is 1. The molecular formula is C10H16N4O2S. The molecule has 0 aliphatic rings. The lowest BCUT2D eigenvalue weighted by Crippen LogP contribution is -2.29. The highest BCUT2D eigenvalue weighted by atomic mass is 32.1. The molecule has 0 spiro atoms. The van der Waals surface area contributed by atoms with Gasteiger partial charge in [0.15, 0.2) is 5.13 Å². The van der Waals surface area contributed by atoms with Gasteiger partial charge < -0.3 is 16.4 Å². The van der Waals surface area contributed by atoms with Crippen LogP contribution < -0.4 is 16.4 Å². The van der Waals surface area contributed by atoms with Crippen molar-refractivity contribution in [1.29, 1.82) is 0 Å². The minimum absolute atomic E-state index is 0.148. The molecule has 1 aromatic heterocycles. The number of hydrogen-bond donors (Lipinski definition) is 3. The molecule has 0 unspecified atom stereocenters. The summed E-state index contributed by atoms with van der Waals surface area (Å²) in [5.41, 5.74) is 6.10. The maximum atomic E-state index is 11.5. The number of carbonyl (C=O) groups excluding carboxylic acids is 2. The zero-order chi connectivity index (χ0) is 12.7. The summed E-state index contributed by atoms with van der Waals surface area (Å²) in [5, 5.41) is 7.65. The minimum Gasteiger partial charge on any atom is -0.355 e. The van der Waals surface area contributed by atoms with Crippen molar-refractivity contribution in [1.82, 2.24) is 10.3 Å². The summed E-state index contributed by atoms with van der Waals surface area (Å²) in [6, 6.07) is 0. The molecule has 0 radical (unpaired) electrons. The molecule has 0 saturated heterocycles. The van der Waals surface area contributed by atoms with Gasteiger partial charge in [0.25, 0.3) is 0 Å². The molecule has 0 atom stereocenters. The Bertz CT molecular complexity index is 391. The Labute approximate surface area is 104 Å². The summed E-state index contributed by atoms with van der Waals surface area (Å²) in [4.78, 5) is 26.8. The molecule has 0 saturated carbocycles. The van der Waals surface area contributed by atoms with E-state index in [1.807, 2.05) is 12.3 Å². The van der Waals surface area contributed by atoms with Crippen LogP contribution in [0, 0.1) is 6.92 Å². The van der Waals surface area contributed by atoms with Crippen molar-refractivity contribution in [3.63, 3.8) is 0 Å². The third kappa shape index (κ3) is 5.41. The van der Waals surface area contributed by atoms with Gasteiger partial charge in [-0.2, -0.15) is 0 Å². The summed E-state index contributed by atoms with van der Waals surface area (Å²) in [7, 11) is 0. The molecule has 0 aromatic carbocycles. The van der Waals surface area contributed by atoms with Crippen molar-refractivity contribution >= 4 is 28.3 Å². The zero-order valence-corrected chi connectivity index (χ0v) is 10.5. The van der Waals surface area contributed by atoms with Gasteiger partial charge in [-0.25, -0.2) is 4.98 Å². The summed E-state index contributed by atoms with van der Waals surface area (Å²) >= 11 is 1.37. The molecule has 2 amide bonds. The lowest BCUT2D eigenvalue weighted by atomic mass is 10.3. The largest absolute Gasteiger partial charge is 0.355 e. The first-order valence-corrected chi connectivity index (χ1v) is 6.18. The number of amides is 2. The molecule has 1 rings (SSSR count). The van der Waals surface area contributed by atoms with Crippen molar-refractivity contribution in [2.24, 2.45) is 5.73 Å². The van der Waals surface area contributed by atoms with Gasteiger partial charge in [0.2, 0.25) is 11.8 Å². The number of nitrogens with zero attached hydrogens (tertiary/aromatic N) is 1. The number of thiazole rings is 1. The minimum atomic E-state index is -0.206. The van der Waals surface area contributed by atoms with Crippen LogP contribution in [0.4, 0.5) is 5.13 Å². The highest BCUT2D eigenvalue weighted by molar-refractivity contribution is 7.13. The number of rotatable bonds is 6. The Morgan fingerprint density at radius 1 is 1.41 bits per heavy atom. The molecule has 0 fully saturated rings. The lowest BCUT2D eigenvalue weighted by Gasteiger charge is -2.03. The van der Waals surface area contributed by atoms with Crippen LogP contribution in [0.1, 0.15) is 18.5 Å². The number of anilines is 1. The standard InChI is InChI=1S/C10H16N4O2S/c1-7-6-17-10(13-7)14-9(16)3-2-8(15)12-5-4-11/h6H,2-5,11H2,1H3,(H,12,15)(H,13,14,16). The molecule has 0 aliphatic carbocycles. The maximum Gasteiger partial charge on any atom is 0.226 e. The Morgan fingerprint density at radius 3 is 2.71 bits per heavy atom. The van der Waals surface area contributed by atoms with E-state index < -0.39 is 0 Å². The van der Waals surface area contributed by atoms with Gasteiger partial charge in [-0.3, -0.25) is 9.59 Å². The number of hydrogen-bond acceptors (Lipinski definition) is 5. The van der Waals surface area contributed by atoms with E-state index >= 15 is 0 Å². The van der Waals surface area contributed by atoms with Crippen molar-refractivity contribution in [2.45, 2.75) is 19.8 Å². The van der Waals surface area contributed by atoms with Gasteiger partial charge in [-0.15, -0.1) is 11.3 Å². The van der Waals surface area contributed by atoms with Crippen LogP contribution in [0.2, 0.25) is 0 Å². The number of aromatic nitrogens is 1. The molecule has 1 aromatic rings. The fourth-order valence-electron chi connectivity index (χ4n) is 1.12. The van der Waals surface area contributed by atoms with E-state index in [0.717, 1.165) is 5.69 Å². The number of aryl methyl sites for hydroxylation is 1. The quantitative estimate of drug-likeness (QED) is 0.679. The highest BCUT2D eigenvalue weighted by Gasteiger charge is 2.08. The fraction of sp³-hybridized carbons (Fsp3) is 0.500. The van der Waals surface area contributed by atoms with Gasteiger partial charge in [0, 0.05) is 31.3 Å². The first-order chi connectivity index (χ1) is 8.11. The van der Waals surface area contributed by atoms with E-state index in [1.54, 1.807) is 0 Å². The highest BCUT2D eigenvalue weighted by Crippen LogP contribution is 2.14. The topological polar surface area (TPSA) is 97.1 Å². The van der Waals surface area contributed by atoms with Crippen molar-refractivity contribution in [3.05, 3.63) is 11.1 Å². The van der Waals surface area contributed by atoms with Crippen LogP contribution in [-0.4, -0.2) is 29.9 Å². The molecule has 1 heterocycles. The van der Waals surface area contributed by atoms with Crippen molar-refractivity contribution < 1.29 is 9.59 Å². The average Bonchev–Trinajstić information content (AvgIpc) is 2.69. The van der Waals surface area contributed by atoms with E-state index in [2.05, 4.69) is 15.6 Å². The van der Waals surface area contributed by atoms with E-state index in [1.165, 1.54) is 11.3 Å². The monoisotopic (exact) mass is 256 g/mol. The molecular weight excluding hydrogens is 240 g/mol. The van der Waals surface area contributed by atoms with E-state index in [0.29, 0.717) is 18.2 Å². The number of nitrogens with one attached hydrogen (secondary N) is 2. The SMILES string of the molecule is Cc1csc(NC(=O)CCC(=O)NCCN)n1. The molecule has 6 nitrogen and oxygen atoms in total. The number of carbonyl (C=O) groups is 2. The predicted octanol–water partition coefficient (Wildman–Crippen LogP) is 0.245. The Morgan fingerprint density at radius 2 is 2.12 bits per heavy atom. The second-order valence-corrected chi connectivity index (χ2v) is 4.34. The van der Waals surface area contributed by atoms with Crippen molar-refractivity contribution in [3.8, 4) is 0 Å². The summed E-state index contributed by atoms with van der Waals surface area (Å²) in [6.07, 6.45) is 0.311. The average molecular weight is 256 g/mol. The van der Waals surface area contributed by atoms with E-state index in [4.69, 9.17) is 5.73 Å². The van der Waals surface area contributed by atoms with E-state index in [9.17, 15) is 9.59 Å². The predicted molar refractivity (Wildman–Crippen MR) is 66.8 cm³/mol. The van der Waals surface area contributed by atoms with Crippen molar-refractivity contribution in [2.75, 3.05) is 18.4 Å². The van der Waals surface area contributed by atoms with Crippen LogP contribution in [0.5, 0.6) is 0 Å². The van der Waals surface area contributed by atoms with Crippen LogP contribution in [0.25, 0.3) is 0 Å².